The van der Waals surface area contributed by atoms with Gasteiger partial charge in [-0.3, -0.25) is 5.01 Å². The van der Waals surface area contributed by atoms with Gasteiger partial charge in [0.05, 0.1) is 22.9 Å². The minimum absolute atomic E-state index is 0.0926. The molecule has 4 nitrogen and oxygen atoms in total. The van der Waals surface area contributed by atoms with Gasteiger partial charge in [-0.1, -0.05) is 6.92 Å². The minimum Gasteiger partial charge on any atom is -0.284 e. The molecule has 0 N–H and O–H groups in total. The Morgan fingerprint density at radius 3 is 2.38 bits per heavy atom. The molecule has 0 amide bonds. The van der Waals surface area contributed by atoms with Crippen molar-refractivity contribution in [2.45, 2.75) is 45.1 Å². The molecule has 0 fully saturated rings. The number of hydrazone groups is 1. The maximum atomic E-state index is 13.2. The van der Waals surface area contributed by atoms with E-state index in [0.717, 1.165) is 23.9 Å². The number of alkyl halides is 6. The first-order valence-electron chi connectivity index (χ1n) is 8.62. The number of halogens is 6. The third kappa shape index (κ3) is 4.86. The molecule has 0 spiro atoms. The molecule has 158 valence electrons. The molecule has 2 rings (SSSR count). The van der Waals surface area contributed by atoms with Gasteiger partial charge in [-0.15, -0.1) is 11.8 Å². The topological polar surface area (TPSA) is 51.8 Å². The van der Waals surface area contributed by atoms with Gasteiger partial charge in [0.2, 0.25) is 0 Å². The lowest BCUT2D eigenvalue weighted by Crippen LogP contribution is -2.46. The molecule has 0 saturated carbocycles. The van der Waals surface area contributed by atoms with Crippen molar-refractivity contribution in [3.05, 3.63) is 29.3 Å². The molecular weight excluding hydrogens is 418 g/mol. The van der Waals surface area contributed by atoms with E-state index >= 15 is 0 Å². The Labute approximate surface area is 168 Å². The third-order valence-electron chi connectivity index (χ3n) is 4.35. The van der Waals surface area contributed by atoms with Crippen molar-refractivity contribution in [2.75, 3.05) is 12.3 Å². The van der Waals surface area contributed by atoms with E-state index in [1.807, 2.05) is 0 Å². The van der Waals surface area contributed by atoms with E-state index in [-0.39, 0.29) is 17.3 Å². The first-order chi connectivity index (χ1) is 13.4. The van der Waals surface area contributed by atoms with E-state index in [1.54, 1.807) is 13.8 Å². The highest BCUT2D eigenvalue weighted by molar-refractivity contribution is 8.14. The van der Waals surface area contributed by atoms with E-state index in [9.17, 15) is 26.3 Å². The number of nitriles is 1. The lowest BCUT2D eigenvalue weighted by Gasteiger charge is -2.34. The summed E-state index contributed by atoms with van der Waals surface area (Å²) in [7, 11) is 0. The fourth-order valence-corrected chi connectivity index (χ4v) is 3.90. The fraction of sp³-hybridized carbons (Fsp3) is 0.500. The molecule has 29 heavy (non-hydrogen) atoms. The Balaban J connectivity index is 2.55. The lowest BCUT2D eigenvalue weighted by atomic mass is 9.96. The Hall–Kier alpha value is -2.22. The second-order valence-corrected chi connectivity index (χ2v) is 7.65. The predicted octanol–water partition coefficient (Wildman–Crippen LogP) is 5.76. The van der Waals surface area contributed by atoms with E-state index in [4.69, 9.17) is 5.26 Å². The number of hydrogen-bond donors (Lipinski definition) is 0. The van der Waals surface area contributed by atoms with E-state index in [1.165, 1.54) is 24.1 Å². The number of hydrogen-bond acceptors (Lipinski definition) is 5. The molecule has 0 saturated heterocycles. The lowest BCUT2D eigenvalue weighted by molar-refractivity contribution is -0.137. The third-order valence-corrected chi connectivity index (χ3v) is 5.44. The van der Waals surface area contributed by atoms with Gasteiger partial charge in [0.1, 0.15) is 16.3 Å². The molecule has 1 atom stereocenters. The van der Waals surface area contributed by atoms with Crippen LogP contribution in [0.1, 0.15) is 38.3 Å². The average Bonchev–Trinajstić information content (AvgIpc) is 2.99. The highest BCUT2D eigenvalue weighted by Gasteiger charge is 2.50. The monoisotopic (exact) mass is 436 g/mol. The van der Waals surface area contributed by atoms with Gasteiger partial charge in [0.25, 0.3) is 0 Å². The zero-order valence-corrected chi connectivity index (χ0v) is 16.6. The number of benzene rings is 1. The summed E-state index contributed by atoms with van der Waals surface area (Å²) < 4.78 is 79.3. The van der Waals surface area contributed by atoms with Crippen molar-refractivity contribution in [1.29, 1.82) is 5.26 Å². The smallest absolute Gasteiger partial charge is 0.284 e. The highest BCUT2D eigenvalue weighted by atomic mass is 32.2. The summed E-state index contributed by atoms with van der Waals surface area (Å²) >= 11 is 1.14. The molecule has 1 aromatic rings. The highest BCUT2D eigenvalue weighted by Crippen LogP contribution is 2.40. The van der Waals surface area contributed by atoms with Gasteiger partial charge < -0.3 is 0 Å². The number of aliphatic imine (C=N–C) groups is 1. The van der Waals surface area contributed by atoms with Crippen LogP contribution in [-0.4, -0.2) is 39.8 Å². The van der Waals surface area contributed by atoms with Crippen molar-refractivity contribution in [1.82, 2.24) is 5.01 Å². The molecule has 0 aromatic heterocycles. The SMILES string of the molecule is CCSC(=Nc1ccc(C#N)c(C(F)(F)F)c1)[C@]1(C)CC(C(F)(F)F)=NN1CC. The van der Waals surface area contributed by atoms with E-state index in [0.29, 0.717) is 5.75 Å². The van der Waals surface area contributed by atoms with Crippen LogP contribution in [0.5, 0.6) is 0 Å². The number of nitrogens with zero attached hydrogens (tertiary/aromatic N) is 4. The average molecular weight is 436 g/mol. The Kier molecular flexibility index (Phi) is 6.57. The second-order valence-electron chi connectivity index (χ2n) is 6.40. The predicted molar refractivity (Wildman–Crippen MR) is 100 cm³/mol. The standard InChI is InChI=1S/C18H18F6N4S/c1-4-28-16(3,9-14(27-28)18(22,23)24)15(29-5-2)26-12-7-6-11(10-25)13(8-12)17(19,20)21/h6-8H,4-5,9H2,1-3H3/t16-/m0/s1. The zero-order chi connectivity index (χ0) is 22.0. The Morgan fingerprint density at radius 1 is 1.24 bits per heavy atom. The van der Waals surface area contributed by atoms with Crippen molar-refractivity contribution < 1.29 is 26.3 Å². The van der Waals surface area contributed by atoms with Gasteiger partial charge in [-0.25, -0.2) is 4.99 Å². The van der Waals surface area contributed by atoms with Gasteiger partial charge in [0.15, 0.2) is 0 Å². The fourth-order valence-electron chi connectivity index (χ4n) is 2.97. The Bertz CT molecular complexity index is 869. The van der Waals surface area contributed by atoms with Crippen molar-refractivity contribution >= 4 is 28.2 Å². The van der Waals surface area contributed by atoms with Crippen LogP contribution in [-0.2, 0) is 6.18 Å². The zero-order valence-electron chi connectivity index (χ0n) is 15.8. The van der Waals surface area contributed by atoms with Gasteiger partial charge in [-0.05, 0) is 37.8 Å². The van der Waals surface area contributed by atoms with Crippen LogP contribution in [0.25, 0.3) is 0 Å². The van der Waals surface area contributed by atoms with Crippen LogP contribution < -0.4 is 0 Å². The maximum absolute atomic E-state index is 13.2. The largest absolute Gasteiger partial charge is 0.431 e. The first kappa shape index (κ1) is 23.1. The van der Waals surface area contributed by atoms with Crippen LogP contribution >= 0.6 is 11.8 Å². The van der Waals surface area contributed by atoms with Gasteiger partial charge in [0, 0.05) is 13.0 Å². The molecule has 1 aliphatic heterocycles. The van der Waals surface area contributed by atoms with E-state index < -0.39 is 41.2 Å². The first-order valence-corrected chi connectivity index (χ1v) is 9.61. The molecule has 1 aliphatic rings. The molecule has 0 unspecified atom stereocenters. The summed E-state index contributed by atoms with van der Waals surface area (Å²) in [4.78, 5) is 4.25. The number of thioether (sulfide) groups is 1. The summed E-state index contributed by atoms with van der Waals surface area (Å²) in [5.74, 6) is 0.454. The van der Waals surface area contributed by atoms with Crippen LogP contribution in [0.4, 0.5) is 32.0 Å². The van der Waals surface area contributed by atoms with E-state index in [2.05, 4.69) is 10.1 Å². The van der Waals surface area contributed by atoms with Crippen molar-refractivity contribution in [3.63, 3.8) is 0 Å². The van der Waals surface area contributed by atoms with Crippen LogP contribution in [0.2, 0.25) is 0 Å². The van der Waals surface area contributed by atoms with Crippen LogP contribution in [0.15, 0.2) is 28.3 Å². The summed E-state index contributed by atoms with van der Waals surface area (Å²) in [6, 6.07) is 4.46. The molecule has 1 heterocycles. The molecule has 0 bridgehead atoms. The number of rotatable bonds is 4. The van der Waals surface area contributed by atoms with Crippen molar-refractivity contribution in [3.8, 4) is 6.07 Å². The van der Waals surface area contributed by atoms with Crippen molar-refractivity contribution in [2.24, 2.45) is 10.1 Å². The van der Waals surface area contributed by atoms with Gasteiger partial charge in [-0.2, -0.15) is 36.7 Å². The Morgan fingerprint density at radius 2 is 1.90 bits per heavy atom. The molecule has 1 aromatic carbocycles. The summed E-state index contributed by atoms with van der Waals surface area (Å²) in [6.07, 6.45) is -9.82. The second kappa shape index (κ2) is 8.26. The van der Waals surface area contributed by atoms with Gasteiger partial charge >= 0.3 is 12.4 Å². The molecular formula is C18H18F6N4S. The maximum Gasteiger partial charge on any atom is 0.431 e. The quantitative estimate of drug-likeness (QED) is 0.342. The normalized spacial score (nSPS) is 20.6. The summed E-state index contributed by atoms with van der Waals surface area (Å²) in [6.45, 7) is 5.11. The summed E-state index contributed by atoms with van der Waals surface area (Å²) in [5.41, 5.74) is -3.98. The molecule has 0 aliphatic carbocycles. The minimum atomic E-state index is -4.76. The van der Waals surface area contributed by atoms with Crippen LogP contribution in [0, 0.1) is 11.3 Å². The van der Waals surface area contributed by atoms with Crippen LogP contribution in [0.3, 0.4) is 0 Å². The summed E-state index contributed by atoms with van der Waals surface area (Å²) in [5, 5.41) is 14.1. The molecule has 0 radical (unpaired) electrons. The molecule has 11 heteroatoms.